The van der Waals surface area contributed by atoms with Crippen molar-refractivity contribution < 1.29 is 25.2 Å². The summed E-state index contributed by atoms with van der Waals surface area (Å²) in [5.74, 6) is 0. The second-order valence-corrected chi connectivity index (χ2v) is 1.87. The van der Waals surface area contributed by atoms with Crippen LogP contribution in [0.2, 0.25) is 0 Å². The van der Waals surface area contributed by atoms with E-state index in [4.69, 9.17) is 20.4 Å². The van der Waals surface area contributed by atoms with Gasteiger partial charge in [-0.1, -0.05) is 0 Å². The maximum atomic E-state index is 9.76. The van der Waals surface area contributed by atoms with E-state index in [1.165, 1.54) is 0 Å². The van der Waals surface area contributed by atoms with Crippen LogP contribution in [0.25, 0.3) is 0 Å². The molecular weight excluding hydrogens is 179 g/mol. The van der Waals surface area contributed by atoms with E-state index in [2.05, 4.69) is 0 Å². The average molecular weight is 190 g/mol. The van der Waals surface area contributed by atoms with E-state index in [1.807, 2.05) is 0 Å². The van der Waals surface area contributed by atoms with Crippen LogP contribution >= 0.6 is 0 Å². The predicted molar refractivity (Wildman–Crippen MR) is 38.3 cm³/mol. The molecule has 0 aromatic carbocycles. The summed E-state index contributed by atoms with van der Waals surface area (Å²) in [6.45, 7) is -0.688. The molecule has 0 aromatic rings. The van der Waals surface area contributed by atoms with Crippen LogP contribution in [0.4, 0.5) is 0 Å². The zero-order valence-corrected chi connectivity index (χ0v) is 5.21. The van der Waals surface area contributed by atoms with Gasteiger partial charge in [-0.05, 0) is 0 Å². The third-order valence-electron chi connectivity index (χ3n) is 1.07. The Kier molecular flexibility index (Phi) is 10.4. The van der Waals surface area contributed by atoms with E-state index >= 15 is 0 Å². The Labute approximate surface area is 106 Å². The predicted octanol–water partition coefficient (Wildman–Crippen LogP) is -3.39. The Morgan fingerprint density at radius 2 is 1.73 bits per heavy atom. The fourth-order valence-electron chi connectivity index (χ4n) is 0.416. The molecule has 0 rings (SSSR count). The minimum atomic E-state index is -1.64. The summed E-state index contributed by atoms with van der Waals surface area (Å²) in [7, 11) is 0. The summed E-state index contributed by atoms with van der Waals surface area (Å²) in [6.07, 6.45) is -4.63. The summed E-state index contributed by atoms with van der Waals surface area (Å²) in [6, 6.07) is 0. The molecule has 0 bridgehead atoms. The molecule has 0 heterocycles. The Morgan fingerprint density at radius 3 is 2.00 bits per heavy atom. The van der Waals surface area contributed by atoms with Gasteiger partial charge < -0.3 is 25.2 Å². The molecule has 0 aliphatic rings. The zero-order valence-electron chi connectivity index (χ0n) is 5.21. The third kappa shape index (κ3) is 5.40. The van der Waals surface area contributed by atoms with E-state index in [-0.39, 0.29) is 57.7 Å². The molecule has 0 fully saturated rings. The van der Waals surface area contributed by atoms with Crippen molar-refractivity contribution in [3.05, 3.63) is 0 Å². The maximum absolute atomic E-state index is 9.76. The van der Waals surface area contributed by atoms with Gasteiger partial charge in [0.2, 0.25) is 0 Å². The van der Waals surface area contributed by atoms with Crippen molar-refractivity contribution >= 4 is 57.7 Å². The van der Waals surface area contributed by atoms with Gasteiger partial charge in [-0.25, -0.2) is 0 Å². The van der Waals surface area contributed by atoms with Gasteiger partial charge in [0.25, 0.3) is 0 Å². The Hall–Kier alpha value is 1.15. The van der Waals surface area contributed by atoms with Crippen molar-refractivity contribution in [3.8, 4) is 0 Å². The molecule has 0 unspecified atom stereocenters. The van der Waals surface area contributed by atoms with Crippen LogP contribution in [0.3, 0.4) is 0 Å². The summed E-state index contributed by atoms with van der Waals surface area (Å²) in [5, 5.41) is 34.1. The standard InChI is InChI=1S/C5H10O5.K.H/c6-1-3(8)5(10)4(9)2-7;;/h1,3-5,7-10H,2H2;;/t3-,4+,5+;;/m0../s1. The average Bonchev–Trinajstić information content (AvgIpc) is 2.00. The van der Waals surface area contributed by atoms with Gasteiger partial charge in [0.15, 0.2) is 6.29 Å². The molecule has 0 saturated heterocycles. The second kappa shape index (κ2) is 7.78. The number of carbonyl (C=O) groups excluding carboxylic acids is 1. The number of aliphatic hydroxyl groups is 4. The molecule has 4 N–H and O–H groups in total. The van der Waals surface area contributed by atoms with E-state index in [0.717, 1.165) is 0 Å². The first-order chi connectivity index (χ1) is 4.63. The molecular formula is C5H11KO5. The fourth-order valence-corrected chi connectivity index (χ4v) is 0.416. The van der Waals surface area contributed by atoms with Gasteiger partial charge >= 0.3 is 51.4 Å². The number of hydrogen-bond acceptors (Lipinski definition) is 5. The first kappa shape index (κ1) is 14.7. The molecule has 0 aliphatic carbocycles. The van der Waals surface area contributed by atoms with Crippen LogP contribution in [-0.2, 0) is 4.79 Å². The molecule has 0 radical (unpaired) electrons. The summed E-state index contributed by atoms with van der Waals surface area (Å²) >= 11 is 0. The van der Waals surface area contributed by atoms with E-state index in [0.29, 0.717) is 0 Å². The van der Waals surface area contributed by atoms with Gasteiger partial charge in [0.05, 0.1) is 6.61 Å². The normalized spacial score (nSPS) is 17.8. The second-order valence-electron chi connectivity index (χ2n) is 1.87. The number of aliphatic hydroxyl groups excluding tert-OH is 4. The monoisotopic (exact) mass is 190 g/mol. The topological polar surface area (TPSA) is 98.0 Å². The molecule has 0 spiro atoms. The first-order valence-electron chi connectivity index (χ1n) is 2.73. The fraction of sp³-hybridized carbons (Fsp3) is 0.800. The summed E-state index contributed by atoms with van der Waals surface area (Å²) in [4.78, 5) is 9.76. The van der Waals surface area contributed by atoms with Gasteiger partial charge in [-0.15, -0.1) is 0 Å². The Balaban J connectivity index is 0. The zero-order chi connectivity index (χ0) is 8.15. The van der Waals surface area contributed by atoms with Gasteiger partial charge in [-0.2, -0.15) is 0 Å². The van der Waals surface area contributed by atoms with E-state index in [1.54, 1.807) is 0 Å². The van der Waals surface area contributed by atoms with Crippen molar-refractivity contribution in [2.75, 3.05) is 6.61 Å². The summed E-state index contributed by atoms with van der Waals surface area (Å²) < 4.78 is 0. The van der Waals surface area contributed by atoms with Gasteiger partial charge in [0.1, 0.15) is 18.3 Å². The molecule has 62 valence electrons. The van der Waals surface area contributed by atoms with E-state index in [9.17, 15) is 4.79 Å². The van der Waals surface area contributed by atoms with Crippen molar-refractivity contribution in [2.45, 2.75) is 18.3 Å². The number of aldehydes is 1. The van der Waals surface area contributed by atoms with Crippen molar-refractivity contribution in [1.29, 1.82) is 0 Å². The number of carbonyl (C=O) groups is 1. The molecule has 5 nitrogen and oxygen atoms in total. The van der Waals surface area contributed by atoms with Crippen molar-refractivity contribution in [3.63, 3.8) is 0 Å². The molecule has 6 heteroatoms. The van der Waals surface area contributed by atoms with Crippen molar-refractivity contribution in [2.24, 2.45) is 0 Å². The van der Waals surface area contributed by atoms with Crippen LogP contribution in [0, 0.1) is 0 Å². The summed E-state index contributed by atoms with van der Waals surface area (Å²) in [5.41, 5.74) is 0. The van der Waals surface area contributed by atoms with Gasteiger partial charge in [-0.3, -0.25) is 0 Å². The van der Waals surface area contributed by atoms with Crippen LogP contribution in [-0.4, -0.2) is 103 Å². The van der Waals surface area contributed by atoms with Crippen LogP contribution < -0.4 is 0 Å². The molecule has 0 saturated carbocycles. The molecule has 0 aromatic heterocycles. The number of rotatable bonds is 4. The van der Waals surface area contributed by atoms with Crippen LogP contribution in [0.15, 0.2) is 0 Å². The molecule has 11 heavy (non-hydrogen) atoms. The quantitative estimate of drug-likeness (QED) is 0.274. The Bertz CT molecular complexity index is 109. The van der Waals surface area contributed by atoms with E-state index < -0.39 is 24.9 Å². The third-order valence-corrected chi connectivity index (χ3v) is 1.07. The first-order valence-corrected chi connectivity index (χ1v) is 2.73. The van der Waals surface area contributed by atoms with Crippen molar-refractivity contribution in [1.82, 2.24) is 0 Å². The minimum absolute atomic E-state index is 0. The SMILES string of the molecule is O=C[C@H](O)[C@@H](O)[C@H](O)CO.[KH]. The van der Waals surface area contributed by atoms with Crippen LogP contribution in [0.1, 0.15) is 0 Å². The molecule has 0 aliphatic heterocycles. The molecule has 0 amide bonds. The Morgan fingerprint density at radius 1 is 1.27 bits per heavy atom. The van der Waals surface area contributed by atoms with Gasteiger partial charge in [0, 0.05) is 0 Å². The van der Waals surface area contributed by atoms with Crippen LogP contribution in [0.5, 0.6) is 0 Å². The molecule has 3 atom stereocenters. The number of hydrogen-bond donors (Lipinski definition) is 4.